The van der Waals surface area contributed by atoms with E-state index in [1.54, 1.807) is 0 Å². The minimum atomic E-state index is 0.335. The Balaban J connectivity index is 2.05. The van der Waals surface area contributed by atoms with Crippen LogP contribution in [0.25, 0.3) is 11.6 Å². The van der Waals surface area contributed by atoms with Crippen LogP contribution in [0, 0.1) is 11.3 Å². The van der Waals surface area contributed by atoms with Gasteiger partial charge in [-0.25, -0.2) is 0 Å². The van der Waals surface area contributed by atoms with Crippen LogP contribution in [-0.2, 0) is 0 Å². The van der Waals surface area contributed by atoms with Crippen LogP contribution in [0.15, 0.2) is 48.5 Å². The molecule has 0 bridgehead atoms. The van der Waals surface area contributed by atoms with Gasteiger partial charge in [-0.15, -0.1) is 0 Å². The van der Waals surface area contributed by atoms with Crippen LogP contribution >= 0.6 is 0 Å². The molecule has 0 aliphatic carbocycles. The molecule has 3 nitrogen and oxygen atoms in total. The number of nitriles is 1. The molecule has 0 fully saturated rings. The van der Waals surface area contributed by atoms with Gasteiger partial charge < -0.3 is 10.1 Å². The van der Waals surface area contributed by atoms with Gasteiger partial charge in [-0.3, -0.25) is 0 Å². The second kappa shape index (κ2) is 5.60. The number of para-hydroxylation sites is 2. The van der Waals surface area contributed by atoms with E-state index < -0.39 is 0 Å². The number of nitrogens with zero attached hydrogens (tertiary/aromatic N) is 1. The Morgan fingerprint density at radius 1 is 1.00 bits per heavy atom. The predicted octanol–water partition coefficient (Wildman–Crippen LogP) is 3.45. The minimum absolute atomic E-state index is 0.335. The van der Waals surface area contributed by atoms with E-state index in [0.29, 0.717) is 13.1 Å². The van der Waals surface area contributed by atoms with E-state index in [2.05, 4.69) is 17.5 Å². The number of hydrogen-bond acceptors (Lipinski definition) is 3. The molecule has 0 amide bonds. The third-order valence-corrected chi connectivity index (χ3v) is 3.22. The Hall–Kier alpha value is -2.57. The number of nitrogens with one attached hydrogen (secondary N) is 1. The standard InChI is InChI=1S/C17H14N2O/c18-9-10-19-12-14-11-13-5-1-3-7-16(13)20-17-8-4-2-6-15(14)17/h1-8,11,19H,10,12H2. The Morgan fingerprint density at radius 3 is 2.60 bits per heavy atom. The molecule has 1 aliphatic rings. The highest BCUT2D eigenvalue weighted by atomic mass is 16.5. The molecule has 1 aliphatic heterocycles. The summed E-state index contributed by atoms with van der Waals surface area (Å²) in [6.07, 6.45) is 2.12. The lowest BCUT2D eigenvalue weighted by molar-refractivity contribution is 0.481. The van der Waals surface area contributed by atoms with Crippen LogP contribution in [0.3, 0.4) is 0 Å². The molecular weight excluding hydrogens is 248 g/mol. The highest BCUT2D eigenvalue weighted by molar-refractivity contribution is 5.87. The van der Waals surface area contributed by atoms with Crippen molar-refractivity contribution < 1.29 is 4.74 Å². The topological polar surface area (TPSA) is 45.0 Å². The van der Waals surface area contributed by atoms with E-state index in [-0.39, 0.29) is 0 Å². The molecule has 2 aromatic carbocycles. The van der Waals surface area contributed by atoms with Crippen LogP contribution in [0.4, 0.5) is 0 Å². The Bertz CT molecular complexity index is 698. The smallest absolute Gasteiger partial charge is 0.135 e. The molecule has 20 heavy (non-hydrogen) atoms. The van der Waals surface area contributed by atoms with Crippen molar-refractivity contribution in [2.75, 3.05) is 13.1 Å². The second-order valence-corrected chi connectivity index (χ2v) is 4.57. The summed E-state index contributed by atoms with van der Waals surface area (Å²) >= 11 is 0. The molecule has 0 unspecified atom stereocenters. The summed E-state index contributed by atoms with van der Waals surface area (Å²) in [5.41, 5.74) is 3.24. The van der Waals surface area contributed by atoms with Crippen LogP contribution in [-0.4, -0.2) is 13.1 Å². The van der Waals surface area contributed by atoms with Gasteiger partial charge in [0.2, 0.25) is 0 Å². The van der Waals surface area contributed by atoms with Crippen molar-refractivity contribution in [1.29, 1.82) is 5.26 Å². The van der Waals surface area contributed by atoms with Gasteiger partial charge in [0.15, 0.2) is 0 Å². The van der Waals surface area contributed by atoms with Gasteiger partial charge in [-0.1, -0.05) is 36.4 Å². The monoisotopic (exact) mass is 262 g/mol. The third-order valence-electron chi connectivity index (χ3n) is 3.22. The Labute approximate surface area is 118 Å². The third kappa shape index (κ3) is 2.42. The summed E-state index contributed by atoms with van der Waals surface area (Å²) in [4.78, 5) is 0. The molecule has 0 saturated heterocycles. The number of ether oxygens (including phenoxy) is 1. The van der Waals surface area contributed by atoms with E-state index in [1.807, 2.05) is 48.5 Å². The highest BCUT2D eigenvalue weighted by Crippen LogP contribution is 2.37. The fraction of sp³-hybridized carbons (Fsp3) is 0.118. The first kappa shape index (κ1) is 12.5. The quantitative estimate of drug-likeness (QED) is 0.680. The van der Waals surface area contributed by atoms with E-state index in [1.165, 1.54) is 0 Å². The molecule has 0 aromatic heterocycles. The lowest BCUT2D eigenvalue weighted by Gasteiger charge is -2.10. The molecule has 0 atom stereocenters. The number of fused-ring (bicyclic) bond motifs is 2. The zero-order chi connectivity index (χ0) is 13.8. The summed E-state index contributed by atoms with van der Waals surface area (Å²) in [5, 5.41) is 11.8. The normalized spacial score (nSPS) is 12.2. The number of rotatable bonds is 3. The van der Waals surface area contributed by atoms with Crippen molar-refractivity contribution in [3.05, 3.63) is 59.7 Å². The molecule has 3 heteroatoms. The summed E-state index contributed by atoms with van der Waals surface area (Å²) in [6.45, 7) is 0.976. The SMILES string of the molecule is N#CCNCC1=Cc2ccccc2Oc2ccccc21. The average Bonchev–Trinajstić information content (AvgIpc) is 2.64. The van der Waals surface area contributed by atoms with Gasteiger partial charge in [0.25, 0.3) is 0 Å². The van der Waals surface area contributed by atoms with Crippen LogP contribution in [0.5, 0.6) is 11.5 Å². The van der Waals surface area contributed by atoms with Crippen molar-refractivity contribution in [3.8, 4) is 17.6 Å². The second-order valence-electron chi connectivity index (χ2n) is 4.57. The fourth-order valence-electron chi connectivity index (χ4n) is 2.30. The van der Waals surface area contributed by atoms with Crippen LogP contribution in [0.1, 0.15) is 11.1 Å². The van der Waals surface area contributed by atoms with Crippen molar-refractivity contribution in [1.82, 2.24) is 5.32 Å². The molecule has 1 heterocycles. The fourth-order valence-corrected chi connectivity index (χ4v) is 2.30. The molecular formula is C17H14N2O. The van der Waals surface area contributed by atoms with Gasteiger partial charge in [-0.05, 0) is 23.8 Å². The zero-order valence-corrected chi connectivity index (χ0v) is 11.0. The molecule has 2 aromatic rings. The largest absolute Gasteiger partial charge is 0.456 e. The van der Waals surface area contributed by atoms with E-state index in [4.69, 9.17) is 10.00 Å². The Kier molecular flexibility index (Phi) is 3.49. The Morgan fingerprint density at radius 2 is 1.75 bits per heavy atom. The maximum absolute atomic E-state index is 8.65. The van der Waals surface area contributed by atoms with Crippen molar-refractivity contribution >= 4 is 11.6 Å². The summed E-state index contributed by atoms with van der Waals surface area (Å²) in [7, 11) is 0. The van der Waals surface area contributed by atoms with Gasteiger partial charge in [0.1, 0.15) is 11.5 Å². The molecule has 3 rings (SSSR count). The molecule has 0 spiro atoms. The van der Waals surface area contributed by atoms with E-state index >= 15 is 0 Å². The first-order valence-corrected chi connectivity index (χ1v) is 6.53. The first-order valence-electron chi connectivity index (χ1n) is 6.53. The highest BCUT2D eigenvalue weighted by Gasteiger charge is 2.15. The lowest BCUT2D eigenvalue weighted by Crippen LogP contribution is -2.16. The maximum atomic E-state index is 8.65. The number of benzene rings is 2. The van der Waals surface area contributed by atoms with Gasteiger partial charge in [0.05, 0.1) is 12.6 Å². The van der Waals surface area contributed by atoms with E-state index in [9.17, 15) is 0 Å². The molecule has 98 valence electrons. The number of hydrogen-bond donors (Lipinski definition) is 1. The summed E-state index contributed by atoms with van der Waals surface area (Å²) in [6, 6.07) is 18.0. The minimum Gasteiger partial charge on any atom is -0.456 e. The maximum Gasteiger partial charge on any atom is 0.135 e. The lowest BCUT2D eigenvalue weighted by atomic mass is 10.0. The van der Waals surface area contributed by atoms with Crippen LogP contribution in [0.2, 0.25) is 0 Å². The zero-order valence-electron chi connectivity index (χ0n) is 11.0. The predicted molar refractivity (Wildman–Crippen MR) is 79.3 cm³/mol. The molecule has 1 N–H and O–H groups in total. The average molecular weight is 262 g/mol. The molecule has 0 saturated carbocycles. The van der Waals surface area contributed by atoms with Crippen molar-refractivity contribution in [2.24, 2.45) is 0 Å². The molecule has 0 radical (unpaired) electrons. The summed E-state index contributed by atoms with van der Waals surface area (Å²) < 4.78 is 5.99. The van der Waals surface area contributed by atoms with E-state index in [0.717, 1.165) is 28.2 Å². The summed E-state index contributed by atoms with van der Waals surface area (Å²) in [5.74, 6) is 1.71. The van der Waals surface area contributed by atoms with Gasteiger partial charge in [-0.2, -0.15) is 5.26 Å². The first-order chi connectivity index (χ1) is 9.88. The van der Waals surface area contributed by atoms with Gasteiger partial charge in [0, 0.05) is 17.7 Å². The van der Waals surface area contributed by atoms with Crippen molar-refractivity contribution in [3.63, 3.8) is 0 Å². The van der Waals surface area contributed by atoms with Gasteiger partial charge >= 0.3 is 0 Å². The van der Waals surface area contributed by atoms with Crippen molar-refractivity contribution in [2.45, 2.75) is 0 Å². The van der Waals surface area contributed by atoms with Crippen LogP contribution < -0.4 is 10.1 Å².